The first-order chi connectivity index (χ1) is 15.1. The molecule has 2 rings (SSSR count). The van der Waals surface area contributed by atoms with E-state index < -0.39 is 5.97 Å². The summed E-state index contributed by atoms with van der Waals surface area (Å²) < 4.78 is 0. The van der Waals surface area contributed by atoms with Crippen LogP contribution in [0.1, 0.15) is 149 Å². The van der Waals surface area contributed by atoms with E-state index in [-0.39, 0.29) is 5.92 Å². The smallest absolute Gasteiger partial charge is 0.306 e. The average molecular weight is 435 g/mol. The highest BCUT2D eigenvalue weighted by atomic mass is 16.4. The quantitative estimate of drug-likeness (QED) is 0.470. The van der Waals surface area contributed by atoms with Crippen molar-refractivity contribution in [3.63, 3.8) is 0 Å². The molecular weight excluding hydrogens is 380 g/mol. The first kappa shape index (κ1) is 26.7. The van der Waals surface area contributed by atoms with Crippen LogP contribution in [-0.4, -0.2) is 11.1 Å². The van der Waals surface area contributed by atoms with Gasteiger partial charge in [-0.25, -0.2) is 0 Å². The van der Waals surface area contributed by atoms with E-state index in [1.807, 2.05) is 0 Å². The van der Waals surface area contributed by atoms with E-state index in [0.717, 1.165) is 24.7 Å². The molecule has 0 saturated heterocycles. The molecule has 2 heteroatoms. The lowest BCUT2D eigenvalue weighted by Gasteiger charge is -2.32. The zero-order valence-electron chi connectivity index (χ0n) is 21.1. The molecule has 182 valence electrons. The van der Waals surface area contributed by atoms with Gasteiger partial charge in [0.1, 0.15) is 0 Å². The number of hydrogen-bond acceptors (Lipinski definition) is 1. The van der Waals surface area contributed by atoms with Gasteiger partial charge in [-0.1, -0.05) is 129 Å². The molecule has 0 aromatic carbocycles. The van der Waals surface area contributed by atoms with Crippen molar-refractivity contribution in [1.82, 2.24) is 0 Å². The number of aliphatic carboxylic acids is 1. The summed E-state index contributed by atoms with van der Waals surface area (Å²) in [5.41, 5.74) is 0. The molecule has 0 radical (unpaired) electrons. The van der Waals surface area contributed by atoms with Gasteiger partial charge in [-0.2, -0.15) is 0 Å². The largest absolute Gasteiger partial charge is 0.481 e. The van der Waals surface area contributed by atoms with Crippen LogP contribution >= 0.6 is 0 Å². The molecule has 2 aliphatic rings. The monoisotopic (exact) mass is 434 g/mol. The molecule has 4 atom stereocenters. The molecule has 0 heterocycles. The normalized spacial score (nSPS) is 32.8. The zero-order chi connectivity index (χ0) is 22.3. The highest BCUT2D eigenvalue weighted by Gasteiger charge is 2.32. The third-order valence-corrected chi connectivity index (χ3v) is 8.76. The number of carboxylic acids is 1. The molecule has 4 unspecified atom stereocenters. The molecule has 2 saturated carbocycles. The fraction of sp³-hybridized carbons (Fsp3) is 0.966. The van der Waals surface area contributed by atoms with Gasteiger partial charge in [-0.05, 0) is 42.9 Å². The second kappa shape index (κ2) is 16.1. The fourth-order valence-corrected chi connectivity index (χ4v) is 6.45. The third kappa shape index (κ3) is 11.2. The van der Waals surface area contributed by atoms with Gasteiger partial charge in [-0.3, -0.25) is 4.79 Å². The summed E-state index contributed by atoms with van der Waals surface area (Å²) in [7, 11) is 0. The Labute approximate surface area is 194 Å². The highest BCUT2D eigenvalue weighted by Crippen LogP contribution is 2.38. The second-order valence-electron chi connectivity index (χ2n) is 11.5. The Balaban J connectivity index is 2.06. The van der Waals surface area contributed by atoms with Crippen LogP contribution in [0, 0.1) is 29.6 Å². The Morgan fingerprint density at radius 2 is 1.00 bits per heavy atom. The summed E-state index contributed by atoms with van der Waals surface area (Å²) in [6.45, 7) is 4.65. The Morgan fingerprint density at radius 3 is 1.52 bits per heavy atom. The molecule has 2 nitrogen and oxygen atoms in total. The first-order valence-electron chi connectivity index (χ1n) is 14.3. The van der Waals surface area contributed by atoms with Crippen molar-refractivity contribution in [3.05, 3.63) is 0 Å². The van der Waals surface area contributed by atoms with Gasteiger partial charge in [-0.15, -0.1) is 0 Å². The highest BCUT2D eigenvalue weighted by molar-refractivity contribution is 5.70. The van der Waals surface area contributed by atoms with Crippen LogP contribution in [0.15, 0.2) is 0 Å². The Bertz CT molecular complexity index is 444. The maximum atomic E-state index is 12.2. The second-order valence-corrected chi connectivity index (χ2v) is 11.5. The van der Waals surface area contributed by atoms with Crippen LogP contribution in [0.4, 0.5) is 0 Å². The van der Waals surface area contributed by atoms with Crippen molar-refractivity contribution in [3.8, 4) is 0 Å². The summed E-state index contributed by atoms with van der Waals surface area (Å²) in [5.74, 6) is 1.86. The van der Waals surface area contributed by atoms with Crippen molar-refractivity contribution in [2.75, 3.05) is 0 Å². The van der Waals surface area contributed by atoms with Crippen molar-refractivity contribution in [2.45, 2.75) is 149 Å². The number of carboxylic acid groups (broad SMARTS) is 1. The summed E-state index contributed by atoms with van der Waals surface area (Å²) in [4.78, 5) is 12.2. The third-order valence-electron chi connectivity index (χ3n) is 8.76. The molecule has 0 bridgehead atoms. The standard InChI is InChI=1S/C29H54O2/c1-24-17-15-16-18-25(2)28(29(30)31)23-27(22-21-24)26-19-13-11-9-7-5-3-4-6-8-10-12-14-20-26/h24-28H,3-23H2,1-2H3,(H,30,31). The first-order valence-corrected chi connectivity index (χ1v) is 14.3. The maximum Gasteiger partial charge on any atom is 0.306 e. The molecule has 0 aromatic heterocycles. The lowest BCUT2D eigenvalue weighted by atomic mass is 9.73. The summed E-state index contributed by atoms with van der Waals surface area (Å²) in [6, 6.07) is 0. The molecular formula is C29H54O2. The Hall–Kier alpha value is -0.530. The van der Waals surface area contributed by atoms with Gasteiger partial charge in [0.15, 0.2) is 0 Å². The molecule has 0 spiro atoms. The van der Waals surface area contributed by atoms with Crippen molar-refractivity contribution < 1.29 is 9.90 Å². The number of carbonyl (C=O) groups is 1. The molecule has 0 aliphatic heterocycles. The lowest BCUT2D eigenvalue weighted by Crippen LogP contribution is -2.28. The van der Waals surface area contributed by atoms with Crippen molar-refractivity contribution in [2.24, 2.45) is 29.6 Å². The SMILES string of the molecule is CC1CCCCC(C)C(C(=O)O)CC(C2CCCCCCCCCCCCCC2)CC1. The molecule has 0 amide bonds. The predicted octanol–water partition coefficient (Wildman–Crippen LogP) is 9.41. The van der Waals surface area contributed by atoms with Gasteiger partial charge in [0.2, 0.25) is 0 Å². The van der Waals surface area contributed by atoms with E-state index >= 15 is 0 Å². The minimum absolute atomic E-state index is 0.130. The molecule has 1 N–H and O–H groups in total. The maximum absolute atomic E-state index is 12.2. The van der Waals surface area contributed by atoms with Crippen LogP contribution in [0.2, 0.25) is 0 Å². The van der Waals surface area contributed by atoms with Crippen molar-refractivity contribution >= 4 is 5.97 Å². The molecule has 2 aliphatic carbocycles. The van der Waals surface area contributed by atoms with Crippen LogP contribution in [-0.2, 0) is 4.79 Å². The average Bonchev–Trinajstić information content (AvgIpc) is 2.78. The Kier molecular flexibility index (Phi) is 13.9. The van der Waals surface area contributed by atoms with E-state index in [4.69, 9.17) is 0 Å². The lowest BCUT2D eigenvalue weighted by molar-refractivity contribution is -0.144. The van der Waals surface area contributed by atoms with E-state index in [2.05, 4.69) is 13.8 Å². The van der Waals surface area contributed by atoms with Gasteiger partial charge in [0.25, 0.3) is 0 Å². The number of rotatable bonds is 2. The van der Waals surface area contributed by atoms with Gasteiger partial charge >= 0.3 is 5.97 Å². The van der Waals surface area contributed by atoms with Gasteiger partial charge < -0.3 is 5.11 Å². The van der Waals surface area contributed by atoms with Crippen LogP contribution in [0.25, 0.3) is 0 Å². The minimum Gasteiger partial charge on any atom is -0.481 e. The van der Waals surface area contributed by atoms with Crippen LogP contribution < -0.4 is 0 Å². The van der Waals surface area contributed by atoms with E-state index in [9.17, 15) is 9.90 Å². The molecule has 31 heavy (non-hydrogen) atoms. The van der Waals surface area contributed by atoms with E-state index in [1.165, 1.54) is 122 Å². The van der Waals surface area contributed by atoms with Gasteiger partial charge in [0.05, 0.1) is 5.92 Å². The minimum atomic E-state index is -0.526. The van der Waals surface area contributed by atoms with Crippen LogP contribution in [0.3, 0.4) is 0 Å². The molecule has 0 aromatic rings. The topological polar surface area (TPSA) is 37.3 Å². The van der Waals surface area contributed by atoms with Gasteiger partial charge in [0, 0.05) is 0 Å². The number of hydrogen-bond donors (Lipinski definition) is 1. The van der Waals surface area contributed by atoms with E-state index in [1.54, 1.807) is 0 Å². The summed E-state index contributed by atoms with van der Waals surface area (Å²) in [6.07, 6.45) is 28.0. The fourth-order valence-electron chi connectivity index (χ4n) is 6.45. The summed E-state index contributed by atoms with van der Waals surface area (Å²) in [5, 5.41) is 10.1. The van der Waals surface area contributed by atoms with E-state index in [0.29, 0.717) is 11.8 Å². The predicted molar refractivity (Wildman–Crippen MR) is 133 cm³/mol. The zero-order valence-corrected chi connectivity index (χ0v) is 21.1. The Morgan fingerprint density at radius 1 is 0.548 bits per heavy atom. The van der Waals surface area contributed by atoms with Crippen LogP contribution in [0.5, 0.6) is 0 Å². The van der Waals surface area contributed by atoms with Crippen molar-refractivity contribution in [1.29, 1.82) is 0 Å². The summed E-state index contributed by atoms with van der Waals surface area (Å²) >= 11 is 0. The molecule has 2 fully saturated rings.